The van der Waals surface area contributed by atoms with E-state index < -0.39 is 0 Å². The average molecular weight is 277 g/mol. The predicted octanol–water partition coefficient (Wildman–Crippen LogP) is 1.76. The maximum absolute atomic E-state index is 13.2. The summed E-state index contributed by atoms with van der Waals surface area (Å²) in [6.45, 7) is 1.45. The molecule has 2 aliphatic rings. The molecule has 4 nitrogen and oxygen atoms in total. The molecule has 0 bridgehead atoms. The van der Waals surface area contributed by atoms with E-state index in [9.17, 15) is 4.39 Å². The van der Waals surface area contributed by atoms with Gasteiger partial charge in [-0.25, -0.2) is 4.39 Å². The van der Waals surface area contributed by atoms with Gasteiger partial charge >= 0.3 is 0 Å². The van der Waals surface area contributed by atoms with E-state index >= 15 is 0 Å². The van der Waals surface area contributed by atoms with Crippen molar-refractivity contribution >= 4 is 5.96 Å². The van der Waals surface area contributed by atoms with Crippen LogP contribution in [0.2, 0.25) is 0 Å². The average Bonchev–Trinajstić information content (AvgIpc) is 2.99. The molecule has 2 fully saturated rings. The van der Waals surface area contributed by atoms with Crippen molar-refractivity contribution in [2.24, 2.45) is 10.7 Å². The van der Waals surface area contributed by atoms with Gasteiger partial charge in [-0.1, -0.05) is 12.1 Å². The van der Waals surface area contributed by atoms with Crippen LogP contribution in [-0.4, -0.2) is 31.3 Å². The van der Waals surface area contributed by atoms with Crippen molar-refractivity contribution in [1.82, 2.24) is 5.32 Å². The Hall–Kier alpha value is -1.62. The Balaban J connectivity index is 1.48. The number of ether oxygens (including phenoxy) is 1. The highest BCUT2D eigenvalue weighted by atomic mass is 19.1. The van der Waals surface area contributed by atoms with Crippen LogP contribution in [0.15, 0.2) is 29.3 Å². The zero-order chi connectivity index (χ0) is 13.9. The fourth-order valence-corrected chi connectivity index (χ4v) is 2.68. The number of hydrogen-bond donors (Lipinski definition) is 2. The summed E-state index contributed by atoms with van der Waals surface area (Å²) in [4.78, 5) is 4.32. The first-order valence-electron chi connectivity index (χ1n) is 7.16. The first-order chi connectivity index (χ1) is 9.72. The van der Waals surface area contributed by atoms with Crippen LogP contribution in [0, 0.1) is 5.82 Å². The van der Waals surface area contributed by atoms with Gasteiger partial charge in [0.2, 0.25) is 0 Å². The third kappa shape index (κ3) is 3.28. The summed E-state index contributed by atoms with van der Waals surface area (Å²) in [5, 5.41) is 3.20. The van der Waals surface area contributed by atoms with Gasteiger partial charge in [0.15, 0.2) is 5.96 Å². The molecule has 0 aromatic heterocycles. The summed E-state index contributed by atoms with van der Waals surface area (Å²) in [6.07, 6.45) is 3.36. The van der Waals surface area contributed by atoms with E-state index in [2.05, 4.69) is 10.3 Å². The van der Waals surface area contributed by atoms with Gasteiger partial charge in [0, 0.05) is 18.6 Å². The molecule has 3 N–H and O–H groups in total. The smallest absolute Gasteiger partial charge is 0.188 e. The van der Waals surface area contributed by atoms with Crippen LogP contribution in [-0.2, 0) is 4.74 Å². The number of nitrogens with zero attached hydrogens (tertiary/aromatic N) is 1. The molecule has 1 saturated carbocycles. The Kier molecular flexibility index (Phi) is 3.87. The highest BCUT2D eigenvalue weighted by Crippen LogP contribution is 2.40. The third-order valence-electron chi connectivity index (χ3n) is 3.89. The van der Waals surface area contributed by atoms with Crippen molar-refractivity contribution in [2.75, 3.05) is 13.2 Å². The molecule has 20 heavy (non-hydrogen) atoms. The molecule has 1 saturated heterocycles. The zero-order valence-corrected chi connectivity index (χ0v) is 11.4. The normalized spacial score (nSPS) is 29.4. The van der Waals surface area contributed by atoms with E-state index in [1.54, 1.807) is 12.1 Å². The summed E-state index contributed by atoms with van der Waals surface area (Å²) >= 11 is 0. The molecule has 0 amide bonds. The Morgan fingerprint density at radius 1 is 1.50 bits per heavy atom. The van der Waals surface area contributed by atoms with Gasteiger partial charge in [-0.2, -0.15) is 0 Å². The minimum Gasteiger partial charge on any atom is -0.376 e. The summed E-state index contributed by atoms with van der Waals surface area (Å²) in [5.41, 5.74) is 6.89. The van der Waals surface area contributed by atoms with Gasteiger partial charge in [-0.05, 0) is 37.0 Å². The van der Waals surface area contributed by atoms with Crippen molar-refractivity contribution < 1.29 is 9.13 Å². The Labute approximate surface area is 118 Å². The van der Waals surface area contributed by atoms with Crippen molar-refractivity contribution in [3.05, 3.63) is 35.6 Å². The molecule has 1 heterocycles. The Morgan fingerprint density at radius 2 is 2.40 bits per heavy atom. The quantitative estimate of drug-likeness (QED) is 0.651. The predicted molar refractivity (Wildman–Crippen MR) is 76.1 cm³/mol. The van der Waals surface area contributed by atoms with E-state index in [4.69, 9.17) is 10.5 Å². The molecule has 1 unspecified atom stereocenters. The van der Waals surface area contributed by atoms with Crippen molar-refractivity contribution in [3.8, 4) is 0 Å². The van der Waals surface area contributed by atoms with Crippen molar-refractivity contribution in [2.45, 2.75) is 37.3 Å². The molecule has 1 aliphatic carbocycles. The highest BCUT2D eigenvalue weighted by molar-refractivity contribution is 5.78. The van der Waals surface area contributed by atoms with Crippen LogP contribution in [0.5, 0.6) is 0 Å². The van der Waals surface area contributed by atoms with Crippen LogP contribution in [0.1, 0.15) is 30.7 Å². The maximum atomic E-state index is 13.2. The summed E-state index contributed by atoms with van der Waals surface area (Å²) in [6, 6.07) is 7.02. The van der Waals surface area contributed by atoms with Crippen LogP contribution in [0.4, 0.5) is 4.39 Å². The fourth-order valence-electron chi connectivity index (χ4n) is 2.68. The van der Waals surface area contributed by atoms with E-state index in [1.165, 1.54) is 6.07 Å². The summed E-state index contributed by atoms with van der Waals surface area (Å²) in [5.74, 6) is 0.611. The van der Waals surface area contributed by atoms with Crippen LogP contribution < -0.4 is 11.1 Å². The van der Waals surface area contributed by atoms with E-state index in [1.807, 2.05) is 6.07 Å². The number of halogens is 1. The molecule has 5 heteroatoms. The molecular formula is C15H20FN3O. The molecule has 1 aromatic carbocycles. The molecule has 1 aromatic rings. The lowest BCUT2D eigenvalue weighted by Crippen LogP contribution is -2.34. The number of nitrogens with two attached hydrogens (primary N) is 1. The Morgan fingerprint density at radius 3 is 3.15 bits per heavy atom. The monoisotopic (exact) mass is 277 g/mol. The summed E-state index contributed by atoms with van der Waals surface area (Å²) < 4.78 is 18.7. The van der Waals surface area contributed by atoms with Gasteiger partial charge in [-0.15, -0.1) is 0 Å². The van der Waals surface area contributed by atoms with Gasteiger partial charge < -0.3 is 15.8 Å². The standard InChI is InChI=1S/C15H20FN3O/c16-11-4-1-3-10(7-11)13-8-14(13)19-15(17)18-9-12-5-2-6-20-12/h1,3-4,7,12-14H,2,5-6,8-9H2,(H3,17,18,19)/t12?,13-,14+/m0/s1. The third-order valence-corrected chi connectivity index (χ3v) is 3.89. The number of aliphatic imine (C=N–C) groups is 1. The minimum absolute atomic E-state index is 0.187. The lowest BCUT2D eigenvalue weighted by molar-refractivity contribution is 0.118. The van der Waals surface area contributed by atoms with Crippen molar-refractivity contribution in [3.63, 3.8) is 0 Å². The molecule has 108 valence electrons. The van der Waals surface area contributed by atoms with Gasteiger partial charge in [0.25, 0.3) is 0 Å². The van der Waals surface area contributed by atoms with Gasteiger partial charge in [-0.3, -0.25) is 4.99 Å². The van der Waals surface area contributed by atoms with E-state index in [0.717, 1.165) is 31.4 Å². The molecule has 0 spiro atoms. The van der Waals surface area contributed by atoms with Crippen molar-refractivity contribution in [1.29, 1.82) is 0 Å². The lowest BCUT2D eigenvalue weighted by Gasteiger charge is -2.08. The largest absolute Gasteiger partial charge is 0.376 e. The molecular weight excluding hydrogens is 257 g/mol. The van der Waals surface area contributed by atoms with E-state index in [-0.39, 0.29) is 18.0 Å². The number of guanidine groups is 1. The van der Waals surface area contributed by atoms with Crippen LogP contribution in [0.25, 0.3) is 0 Å². The molecule has 3 rings (SSSR count). The van der Waals surface area contributed by atoms with Crippen LogP contribution >= 0.6 is 0 Å². The molecule has 1 aliphatic heterocycles. The second-order valence-corrected chi connectivity index (χ2v) is 5.51. The fraction of sp³-hybridized carbons (Fsp3) is 0.533. The molecule has 3 atom stereocenters. The number of rotatable bonds is 4. The van der Waals surface area contributed by atoms with Gasteiger partial charge in [0.05, 0.1) is 12.6 Å². The van der Waals surface area contributed by atoms with Crippen LogP contribution in [0.3, 0.4) is 0 Å². The lowest BCUT2D eigenvalue weighted by atomic mass is 10.1. The Bertz CT molecular complexity index is 500. The highest BCUT2D eigenvalue weighted by Gasteiger charge is 2.38. The first-order valence-corrected chi connectivity index (χ1v) is 7.16. The zero-order valence-electron chi connectivity index (χ0n) is 11.4. The topological polar surface area (TPSA) is 59.6 Å². The number of nitrogens with one attached hydrogen (secondary N) is 1. The van der Waals surface area contributed by atoms with Gasteiger partial charge in [0.1, 0.15) is 5.82 Å². The number of hydrogen-bond acceptors (Lipinski definition) is 2. The SMILES string of the molecule is NC(=NCC1CCCO1)N[C@@H]1C[C@H]1c1cccc(F)c1. The maximum Gasteiger partial charge on any atom is 0.188 e. The summed E-state index contributed by atoms with van der Waals surface area (Å²) in [7, 11) is 0. The number of benzene rings is 1. The van der Waals surface area contributed by atoms with E-state index in [0.29, 0.717) is 18.4 Å². The second-order valence-electron chi connectivity index (χ2n) is 5.51. The molecule has 0 radical (unpaired) electrons. The first kappa shape index (κ1) is 13.4. The minimum atomic E-state index is -0.187. The second kappa shape index (κ2) is 5.79.